The largest absolute Gasteiger partial charge is 0.495 e. The summed E-state index contributed by atoms with van der Waals surface area (Å²) in [5.74, 6) is 0.207. The van der Waals surface area contributed by atoms with Gasteiger partial charge in [0, 0.05) is 31.1 Å². The highest BCUT2D eigenvalue weighted by Gasteiger charge is 2.24. The number of carbonyl (C=O) groups is 1. The maximum Gasteiger partial charge on any atom is 0.244 e. The lowest BCUT2D eigenvalue weighted by atomic mass is 9.94. The highest BCUT2D eigenvalue weighted by atomic mass is 35.5. The number of ether oxygens (including phenoxy) is 1. The van der Waals surface area contributed by atoms with Crippen LogP contribution in [0.25, 0.3) is 0 Å². The summed E-state index contributed by atoms with van der Waals surface area (Å²) in [6.07, 6.45) is 5.38. The van der Waals surface area contributed by atoms with Crippen LogP contribution in [0, 0.1) is 0 Å². The maximum atomic E-state index is 12.5. The third kappa shape index (κ3) is 5.33. The molecule has 1 fully saturated rings. The van der Waals surface area contributed by atoms with Gasteiger partial charge in [0.25, 0.3) is 0 Å². The molecule has 6 nitrogen and oxygen atoms in total. The Kier molecular flexibility index (Phi) is 7.10. The standard InChI is InChI=1S/C17H25ClN2O4S/c1-13(21)20(15-6-4-3-5-7-15)11-10-19-25(22,23)17-12-14(18)8-9-16(17)24-2/h8-9,12,15,19H,3-7,10-11H2,1-2H3. The first kappa shape index (κ1) is 20.0. The van der Waals surface area contributed by atoms with Crippen molar-refractivity contribution in [2.24, 2.45) is 0 Å². The van der Waals surface area contributed by atoms with E-state index in [2.05, 4.69) is 4.72 Å². The second-order valence-corrected chi connectivity index (χ2v) is 8.37. The number of methoxy groups -OCH3 is 1. The van der Waals surface area contributed by atoms with Crippen molar-refractivity contribution >= 4 is 27.5 Å². The van der Waals surface area contributed by atoms with Gasteiger partial charge >= 0.3 is 0 Å². The van der Waals surface area contributed by atoms with E-state index in [9.17, 15) is 13.2 Å². The van der Waals surface area contributed by atoms with Crippen LogP contribution in [0.15, 0.2) is 23.1 Å². The van der Waals surface area contributed by atoms with Crippen molar-refractivity contribution in [1.29, 1.82) is 0 Å². The van der Waals surface area contributed by atoms with E-state index in [-0.39, 0.29) is 29.1 Å². The third-order valence-electron chi connectivity index (χ3n) is 4.48. The van der Waals surface area contributed by atoms with Crippen LogP contribution in [-0.4, -0.2) is 45.5 Å². The Morgan fingerprint density at radius 3 is 2.60 bits per heavy atom. The fourth-order valence-corrected chi connectivity index (χ4v) is 4.68. The summed E-state index contributed by atoms with van der Waals surface area (Å²) in [4.78, 5) is 13.7. The first-order valence-corrected chi connectivity index (χ1v) is 10.3. The molecule has 1 amide bonds. The molecule has 1 aliphatic rings. The van der Waals surface area contributed by atoms with Crippen molar-refractivity contribution in [3.8, 4) is 5.75 Å². The molecule has 0 heterocycles. The minimum atomic E-state index is -3.78. The van der Waals surface area contributed by atoms with Crippen LogP contribution in [-0.2, 0) is 14.8 Å². The topological polar surface area (TPSA) is 75.7 Å². The fraction of sp³-hybridized carbons (Fsp3) is 0.588. The Balaban J connectivity index is 2.03. The van der Waals surface area contributed by atoms with Gasteiger partial charge in [-0.3, -0.25) is 4.79 Å². The zero-order valence-corrected chi connectivity index (χ0v) is 16.2. The molecule has 25 heavy (non-hydrogen) atoms. The minimum absolute atomic E-state index is 0.00505. The van der Waals surface area contributed by atoms with Crippen LogP contribution >= 0.6 is 11.6 Å². The predicted molar refractivity (Wildman–Crippen MR) is 97.5 cm³/mol. The first-order valence-electron chi connectivity index (χ1n) is 8.45. The van der Waals surface area contributed by atoms with Crippen LogP contribution < -0.4 is 9.46 Å². The van der Waals surface area contributed by atoms with Crippen molar-refractivity contribution < 1.29 is 17.9 Å². The third-order valence-corrected chi connectivity index (χ3v) is 6.20. The second-order valence-electron chi connectivity index (χ2n) is 6.20. The van der Waals surface area contributed by atoms with Crippen molar-refractivity contribution in [2.45, 2.75) is 50.0 Å². The van der Waals surface area contributed by atoms with Gasteiger partial charge in [0.05, 0.1) is 7.11 Å². The molecule has 0 bridgehead atoms. The molecular weight excluding hydrogens is 364 g/mol. The van der Waals surface area contributed by atoms with E-state index in [1.165, 1.54) is 32.6 Å². The number of nitrogens with one attached hydrogen (secondary N) is 1. The molecule has 8 heteroatoms. The summed E-state index contributed by atoms with van der Waals surface area (Å²) in [6, 6.07) is 4.64. The molecule has 1 N–H and O–H groups in total. The van der Waals surface area contributed by atoms with Crippen molar-refractivity contribution in [2.75, 3.05) is 20.2 Å². The average Bonchev–Trinajstić information content (AvgIpc) is 2.59. The molecule has 2 rings (SSSR count). The molecule has 0 atom stereocenters. The van der Waals surface area contributed by atoms with Gasteiger partial charge in [-0.1, -0.05) is 30.9 Å². The first-order chi connectivity index (χ1) is 11.8. The summed E-state index contributed by atoms with van der Waals surface area (Å²) >= 11 is 5.91. The zero-order valence-electron chi connectivity index (χ0n) is 14.6. The lowest BCUT2D eigenvalue weighted by molar-refractivity contribution is -0.131. The Morgan fingerprint density at radius 1 is 1.32 bits per heavy atom. The van der Waals surface area contributed by atoms with E-state index < -0.39 is 10.0 Å². The molecule has 1 saturated carbocycles. The van der Waals surface area contributed by atoms with Gasteiger partial charge in [0.15, 0.2) is 0 Å². The summed E-state index contributed by atoms with van der Waals surface area (Å²) in [6.45, 7) is 2.03. The summed E-state index contributed by atoms with van der Waals surface area (Å²) in [5.41, 5.74) is 0. The molecule has 1 aliphatic carbocycles. The van der Waals surface area contributed by atoms with Crippen LogP contribution in [0.4, 0.5) is 0 Å². The molecule has 140 valence electrons. The van der Waals surface area contributed by atoms with E-state index in [1.807, 2.05) is 0 Å². The monoisotopic (exact) mass is 388 g/mol. The van der Waals surface area contributed by atoms with Gasteiger partial charge < -0.3 is 9.64 Å². The highest BCUT2D eigenvalue weighted by Crippen LogP contribution is 2.27. The fourth-order valence-electron chi connectivity index (χ4n) is 3.23. The molecule has 1 aromatic carbocycles. The van der Waals surface area contributed by atoms with Crippen LogP contribution in [0.5, 0.6) is 5.75 Å². The van der Waals surface area contributed by atoms with Crippen molar-refractivity contribution in [3.05, 3.63) is 23.2 Å². The molecule has 0 saturated heterocycles. The van der Waals surface area contributed by atoms with Gasteiger partial charge in [-0.05, 0) is 31.0 Å². The molecule has 0 unspecified atom stereocenters. The lowest BCUT2D eigenvalue weighted by Gasteiger charge is -2.33. The normalized spacial score (nSPS) is 15.8. The smallest absolute Gasteiger partial charge is 0.244 e. The molecule has 0 radical (unpaired) electrons. The number of halogens is 1. The zero-order chi connectivity index (χ0) is 18.4. The van der Waals surface area contributed by atoms with E-state index in [4.69, 9.17) is 16.3 Å². The van der Waals surface area contributed by atoms with Gasteiger partial charge in [-0.25, -0.2) is 13.1 Å². The molecule has 0 aliphatic heterocycles. The van der Waals surface area contributed by atoms with E-state index >= 15 is 0 Å². The number of hydrogen-bond acceptors (Lipinski definition) is 4. The Morgan fingerprint density at radius 2 is 2.00 bits per heavy atom. The second kappa shape index (κ2) is 8.87. The predicted octanol–water partition coefficient (Wildman–Crippen LogP) is 2.81. The number of sulfonamides is 1. The van der Waals surface area contributed by atoms with Crippen LogP contribution in [0.1, 0.15) is 39.0 Å². The quantitative estimate of drug-likeness (QED) is 0.779. The Bertz CT molecular complexity index is 703. The lowest BCUT2D eigenvalue weighted by Crippen LogP contribution is -2.44. The summed E-state index contributed by atoms with van der Waals surface area (Å²) in [5, 5.41) is 0.314. The summed E-state index contributed by atoms with van der Waals surface area (Å²) in [7, 11) is -2.37. The number of rotatable bonds is 7. The van der Waals surface area contributed by atoms with Gasteiger partial charge in [-0.2, -0.15) is 0 Å². The van der Waals surface area contributed by atoms with E-state index in [0.717, 1.165) is 25.7 Å². The number of carbonyl (C=O) groups excluding carboxylic acids is 1. The number of benzene rings is 1. The van der Waals surface area contributed by atoms with Crippen LogP contribution in [0.3, 0.4) is 0 Å². The average molecular weight is 389 g/mol. The van der Waals surface area contributed by atoms with E-state index in [0.29, 0.717) is 11.6 Å². The molecule has 0 aromatic heterocycles. The Hall–Kier alpha value is -1.31. The molecule has 1 aromatic rings. The number of hydrogen-bond donors (Lipinski definition) is 1. The van der Waals surface area contributed by atoms with Gasteiger partial charge in [-0.15, -0.1) is 0 Å². The van der Waals surface area contributed by atoms with Crippen LogP contribution in [0.2, 0.25) is 5.02 Å². The van der Waals surface area contributed by atoms with Crippen molar-refractivity contribution in [3.63, 3.8) is 0 Å². The van der Waals surface area contributed by atoms with Gasteiger partial charge in [0.2, 0.25) is 15.9 Å². The molecular formula is C17H25ClN2O4S. The highest BCUT2D eigenvalue weighted by molar-refractivity contribution is 7.89. The maximum absolute atomic E-state index is 12.5. The van der Waals surface area contributed by atoms with Crippen molar-refractivity contribution in [1.82, 2.24) is 9.62 Å². The number of nitrogens with zero attached hydrogens (tertiary/aromatic N) is 1. The van der Waals surface area contributed by atoms with E-state index in [1.54, 1.807) is 11.0 Å². The Labute approximate surface area is 154 Å². The minimum Gasteiger partial charge on any atom is -0.495 e. The van der Waals surface area contributed by atoms with Gasteiger partial charge in [0.1, 0.15) is 10.6 Å². The SMILES string of the molecule is COc1ccc(Cl)cc1S(=O)(=O)NCCN(C(C)=O)C1CCCCC1. The number of amides is 1. The summed E-state index contributed by atoms with van der Waals surface area (Å²) < 4.78 is 32.7. The molecule has 0 spiro atoms.